The molecule has 1 saturated heterocycles. The van der Waals surface area contributed by atoms with Crippen LogP contribution in [0.5, 0.6) is 0 Å². The third-order valence-electron chi connectivity index (χ3n) is 5.05. The minimum atomic E-state index is 0.0738. The first-order valence-electron chi connectivity index (χ1n) is 8.05. The molecule has 1 fully saturated rings. The van der Waals surface area contributed by atoms with E-state index in [-0.39, 0.29) is 17.9 Å². The number of hydrogen-bond donors (Lipinski definition) is 1. The van der Waals surface area contributed by atoms with E-state index in [0.717, 1.165) is 32.5 Å². The van der Waals surface area contributed by atoms with Gasteiger partial charge in [-0.1, -0.05) is 24.3 Å². The van der Waals surface area contributed by atoms with Crippen molar-refractivity contribution in [3.05, 3.63) is 41.7 Å². The van der Waals surface area contributed by atoms with E-state index >= 15 is 0 Å². The van der Waals surface area contributed by atoms with Gasteiger partial charge in [-0.3, -0.25) is 4.79 Å². The standard InChI is InChI=1S/C16H20N6O/c23-15(10-22-12-18-19-20-22)21-9-13-3-1-2-4-14(13)16(11-21)5-7-17-8-6-16/h1-4,12,17H,5-11H2. The third kappa shape index (κ3) is 2.61. The SMILES string of the molecule is O=C(Cn1cnnn1)N1Cc2ccccc2C2(CCNCC2)C1. The lowest BCUT2D eigenvalue weighted by atomic mass is 9.69. The Bertz CT molecular complexity index is 692. The molecule has 1 N–H and O–H groups in total. The number of carbonyl (C=O) groups excluding carboxylic acids is 1. The largest absolute Gasteiger partial charge is 0.336 e. The molecule has 1 aromatic heterocycles. The molecule has 2 aromatic rings. The summed E-state index contributed by atoms with van der Waals surface area (Å²) in [6.45, 7) is 3.66. The quantitative estimate of drug-likeness (QED) is 0.865. The second-order valence-corrected chi connectivity index (χ2v) is 6.44. The van der Waals surface area contributed by atoms with Crippen molar-refractivity contribution in [3.63, 3.8) is 0 Å². The van der Waals surface area contributed by atoms with Crippen molar-refractivity contribution >= 4 is 5.91 Å². The summed E-state index contributed by atoms with van der Waals surface area (Å²) < 4.78 is 1.48. The maximum atomic E-state index is 12.7. The first-order valence-corrected chi connectivity index (χ1v) is 8.05. The van der Waals surface area contributed by atoms with Crippen LogP contribution < -0.4 is 5.32 Å². The average molecular weight is 312 g/mol. The lowest BCUT2D eigenvalue weighted by molar-refractivity contribution is -0.134. The zero-order chi connectivity index (χ0) is 15.7. The predicted molar refractivity (Wildman–Crippen MR) is 83.5 cm³/mol. The summed E-state index contributed by atoms with van der Waals surface area (Å²) in [5, 5.41) is 14.4. The maximum absolute atomic E-state index is 12.7. The van der Waals surface area contributed by atoms with Gasteiger partial charge in [0.15, 0.2) is 0 Å². The number of aromatic nitrogens is 4. The third-order valence-corrected chi connectivity index (χ3v) is 5.05. The van der Waals surface area contributed by atoms with E-state index in [2.05, 4.69) is 45.1 Å². The molecule has 0 saturated carbocycles. The Labute approximate surface area is 134 Å². The maximum Gasteiger partial charge on any atom is 0.244 e. The molecular weight excluding hydrogens is 292 g/mol. The summed E-state index contributed by atoms with van der Waals surface area (Å²) >= 11 is 0. The van der Waals surface area contributed by atoms with Crippen LogP contribution >= 0.6 is 0 Å². The Morgan fingerprint density at radius 2 is 2.09 bits per heavy atom. The van der Waals surface area contributed by atoms with Crippen molar-refractivity contribution in [2.75, 3.05) is 19.6 Å². The second-order valence-electron chi connectivity index (χ2n) is 6.44. The van der Waals surface area contributed by atoms with Gasteiger partial charge in [-0.25, -0.2) is 4.68 Å². The van der Waals surface area contributed by atoms with Crippen molar-refractivity contribution in [2.45, 2.75) is 31.3 Å². The molecule has 0 atom stereocenters. The van der Waals surface area contributed by atoms with Crippen LogP contribution in [0, 0.1) is 0 Å². The zero-order valence-corrected chi connectivity index (χ0v) is 13.0. The number of tetrazole rings is 1. The highest BCUT2D eigenvalue weighted by Gasteiger charge is 2.41. The van der Waals surface area contributed by atoms with Gasteiger partial charge in [-0.05, 0) is 47.5 Å². The Hall–Kier alpha value is -2.28. The molecule has 2 aliphatic rings. The molecule has 0 bridgehead atoms. The van der Waals surface area contributed by atoms with Crippen molar-refractivity contribution < 1.29 is 4.79 Å². The van der Waals surface area contributed by atoms with Gasteiger partial charge in [0.05, 0.1) is 0 Å². The van der Waals surface area contributed by atoms with E-state index in [4.69, 9.17) is 0 Å². The van der Waals surface area contributed by atoms with Crippen LogP contribution in [-0.2, 0) is 23.3 Å². The van der Waals surface area contributed by atoms with Crippen LogP contribution in [-0.4, -0.2) is 50.6 Å². The number of fused-ring (bicyclic) bond motifs is 2. The van der Waals surface area contributed by atoms with Crippen molar-refractivity contribution in [2.24, 2.45) is 0 Å². The number of piperidine rings is 1. The van der Waals surface area contributed by atoms with E-state index < -0.39 is 0 Å². The molecule has 2 aliphatic heterocycles. The normalized spacial score (nSPS) is 19.6. The summed E-state index contributed by atoms with van der Waals surface area (Å²) in [4.78, 5) is 14.7. The van der Waals surface area contributed by atoms with Gasteiger partial charge in [0.25, 0.3) is 0 Å². The Morgan fingerprint density at radius 1 is 1.26 bits per heavy atom. The molecule has 3 heterocycles. The van der Waals surface area contributed by atoms with Crippen LogP contribution in [0.25, 0.3) is 0 Å². The lowest BCUT2D eigenvalue weighted by Gasteiger charge is -2.46. The monoisotopic (exact) mass is 312 g/mol. The van der Waals surface area contributed by atoms with Crippen LogP contribution in [0.15, 0.2) is 30.6 Å². The lowest BCUT2D eigenvalue weighted by Crippen LogP contribution is -2.53. The van der Waals surface area contributed by atoms with Crippen molar-refractivity contribution in [1.82, 2.24) is 30.4 Å². The summed E-state index contributed by atoms with van der Waals surface area (Å²) in [7, 11) is 0. The minimum Gasteiger partial charge on any atom is -0.336 e. The molecule has 0 radical (unpaired) electrons. The fourth-order valence-electron chi connectivity index (χ4n) is 3.89. The fraction of sp³-hybridized carbons (Fsp3) is 0.500. The number of hydrogen-bond acceptors (Lipinski definition) is 5. The molecule has 1 amide bonds. The molecular formula is C16H20N6O. The smallest absolute Gasteiger partial charge is 0.244 e. The van der Waals surface area contributed by atoms with Gasteiger partial charge in [-0.15, -0.1) is 5.10 Å². The number of rotatable bonds is 2. The van der Waals surface area contributed by atoms with Gasteiger partial charge >= 0.3 is 0 Å². The number of carbonyl (C=O) groups is 1. The minimum absolute atomic E-state index is 0.0738. The average Bonchev–Trinajstić information content (AvgIpc) is 3.09. The summed E-state index contributed by atoms with van der Waals surface area (Å²) in [6, 6.07) is 8.56. The molecule has 1 spiro atoms. The Kier molecular flexibility index (Phi) is 3.57. The summed E-state index contributed by atoms with van der Waals surface area (Å²) in [6.07, 6.45) is 3.62. The Balaban J connectivity index is 1.62. The molecule has 0 unspecified atom stereocenters. The first kappa shape index (κ1) is 14.3. The van der Waals surface area contributed by atoms with E-state index in [1.54, 1.807) is 0 Å². The highest BCUT2D eigenvalue weighted by molar-refractivity contribution is 5.76. The number of amides is 1. The zero-order valence-electron chi connectivity index (χ0n) is 13.0. The van der Waals surface area contributed by atoms with E-state index in [9.17, 15) is 4.79 Å². The number of nitrogens with one attached hydrogen (secondary N) is 1. The van der Waals surface area contributed by atoms with Crippen LogP contribution in [0.1, 0.15) is 24.0 Å². The molecule has 0 aliphatic carbocycles. The number of benzene rings is 1. The van der Waals surface area contributed by atoms with Gasteiger partial charge in [-0.2, -0.15) is 0 Å². The highest BCUT2D eigenvalue weighted by Crippen LogP contribution is 2.40. The van der Waals surface area contributed by atoms with Gasteiger partial charge in [0, 0.05) is 18.5 Å². The van der Waals surface area contributed by atoms with E-state index in [1.807, 2.05) is 4.90 Å². The molecule has 120 valence electrons. The molecule has 7 heteroatoms. The highest BCUT2D eigenvalue weighted by atomic mass is 16.2. The van der Waals surface area contributed by atoms with E-state index in [0.29, 0.717) is 6.54 Å². The van der Waals surface area contributed by atoms with Gasteiger partial charge < -0.3 is 10.2 Å². The van der Waals surface area contributed by atoms with Crippen molar-refractivity contribution in [1.29, 1.82) is 0 Å². The second kappa shape index (κ2) is 5.73. The van der Waals surface area contributed by atoms with Gasteiger partial charge in [0.1, 0.15) is 12.9 Å². The van der Waals surface area contributed by atoms with E-state index in [1.165, 1.54) is 22.1 Å². The fourth-order valence-corrected chi connectivity index (χ4v) is 3.89. The van der Waals surface area contributed by atoms with Gasteiger partial charge in [0.2, 0.25) is 5.91 Å². The van der Waals surface area contributed by atoms with Crippen LogP contribution in [0.4, 0.5) is 0 Å². The topological polar surface area (TPSA) is 75.9 Å². The number of nitrogens with zero attached hydrogens (tertiary/aromatic N) is 5. The molecule has 7 nitrogen and oxygen atoms in total. The Morgan fingerprint density at radius 3 is 2.87 bits per heavy atom. The molecule has 4 rings (SSSR count). The molecule has 1 aromatic carbocycles. The molecule has 23 heavy (non-hydrogen) atoms. The van der Waals surface area contributed by atoms with Crippen LogP contribution in [0.2, 0.25) is 0 Å². The first-order chi connectivity index (χ1) is 11.3. The summed E-state index contributed by atoms with van der Waals surface area (Å²) in [5.74, 6) is 0.0738. The van der Waals surface area contributed by atoms with Crippen LogP contribution in [0.3, 0.4) is 0 Å². The van der Waals surface area contributed by atoms with Crippen molar-refractivity contribution in [3.8, 4) is 0 Å². The predicted octanol–water partition coefficient (Wildman–Crippen LogP) is 0.337. The summed E-state index contributed by atoms with van der Waals surface area (Å²) in [5.41, 5.74) is 2.77.